The van der Waals surface area contributed by atoms with Crippen LogP contribution in [0, 0.1) is 0 Å². The molecule has 1 aliphatic heterocycles. The lowest BCUT2D eigenvalue weighted by Gasteiger charge is -2.39. The highest BCUT2D eigenvalue weighted by Crippen LogP contribution is 2.30. The molecule has 0 spiro atoms. The highest BCUT2D eigenvalue weighted by Gasteiger charge is 2.27. The average Bonchev–Trinajstić information content (AvgIpc) is 1.85. The second-order valence-electron chi connectivity index (χ2n) is 4.17. The van der Waals surface area contributed by atoms with Gasteiger partial charge in [0.05, 0.1) is 0 Å². The van der Waals surface area contributed by atoms with Crippen molar-refractivity contribution in [2.24, 2.45) is 0 Å². The fourth-order valence-electron chi connectivity index (χ4n) is 1.49. The minimum absolute atomic E-state index is 0.475. The van der Waals surface area contributed by atoms with Gasteiger partial charge in [0.2, 0.25) is 0 Å². The van der Waals surface area contributed by atoms with Crippen molar-refractivity contribution >= 4 is 11.8 Å². The molecule has 1 nitrogen and oxygen atoms in total. The molecular formula is C9H19NS. The van der Waals surface area contributed by atoms with E-state index in [1.165, 1.54) is 18.8 Å². The fourth-order valence-corrected chi connectivity index (χ4v) is 2.63. The van der Waals surface area contributed by atoms with Crippen molar-refractivity contribution in [2.45, 2.75) is 38.5 Å². The zero-order valence-corrected chi connectivity index (χ0v) is 8.87. The molecule has 0 unspecified atom stereocenters. The Morgan fingerprint density at radius 3 is 2.36 bits per heavy atom. The third-order valence-corrected chi connectivity index (χ3v) is 3.48. The summed E-state index contributed by atoms with van der Waals surface area (Å²) in [6, 6.07) is 0.718. The molecule has 0 aromatic carbocycles. The van der Waals surface area contributed by atoms with Gasteiger partial charge in [-0.25, -0.2) is 0 Å². The zero-order valence-electron chi connectivity index (χ0n) is 8.05. The predicted octanol–water partition coefficient (Wildman–Crippen LogP) is 2.22. The minimum Gasteiger partial charge on any atom is -0.299 e. The maximum atomic E-state index is 2.57. The van der Waals surface area contributed by atoms with Crippen LogP contribution in [0.1, 0.15) is 27.7 Å². The van der Waals surface area contributed by atoms with Crippen LogP contribution in [0.25, 0.3) is 0 Å². The Kier molecular flexibility index (Phi) is 2.87. The topological polar surface area (TPSA) is 3.24 Å². The van der Waals surface area contributed by atoms with Gasteiger partial charge in [-0.05, 0) is 27.7 Å². The molecule has 1 aliphatic rings. The van der Waals surface area contributed by atoms with Crippen LogP contribution in [0.15, 0.2) is 0 Å². The van der Waals surface area contributed by atoms with Crippen molar-refractivity contribution in [1.82, 2.24) is 4.90 Å². The molecule has 0 radical (unpaired) electrons. The van der Waals surface area contributed by atoms with Crippen molar-refractivity contribution in [3.8, 4) is 0 Å². The number of nitrogens with zero attached hydrogens (tertiary/aromatic N) is 1. The molecule has 2 heteroatoms. The molecule has 0 amide bonds. The SMILES string of the molecule is CC(C)N1CCSC(C)(C)C1. The zero-order chi connectivity index (χ0) is 8.48. The highest BCUT2D eigenvalue weighted by molar-refractivity contribution is 8.00. The Morgan fingerprint density at radius 1 is 1.36 bits per heavy atom. The molecule has 0 N–H and O–H groups in total. The summed E-state index contributed by atoms with van der Waals surface area (Å²) in [5.41, 5.74) is 0. The van der Waals surface area contributed by atoms with Gasteiger partial charge in [0.15, 0.2) is 0 Å². The van der Waals surface area contributed by atoms with Gasteiger partial charge >= 0.3 is 0 Å². The molecule has 66 valence electrons. The van der Waals surface area contributed by atoms with Gasteiger partial charge in [-0.15, -0.1) is 0 Å². The minimum atomic E-state index is 0.475. The van der Waals surface area contributed by atoms with Gasteiger partial charge < -0.3 is 0 Å². The average molecular weight is 173 g/mol. The fraction of sp³-hybridized carbons (Fsp3) is 1.00. The summed E-state index contributed by atoms with van der Waals surface area (Å²) in [6.07, 6.45) is 0. The van der Waals surface area contributed by atoms with E-state index < -0.39 is 0 Å². The number of rotatable bonds is 1. The molecule has 0 bridgehead atoms. The molecule has 11 heavy (non-hydrogen) atoms. The Hall–Kier alpha value is 0.310. The first-order chi connectivity index (χ1) is 5.01. The summed E-state index contributed by atoms with van der Waals surface area (Å²) < 4.78 is 0.475. The monoisotopic (exact) mass is 173 g/mol. The Balaban J connectivity index is 2.46. The number of hydrogen-bond acceptors (Lipinski definition) is 2. The maximum Gasteiger partial charge on any atom is 0.0231 e. The van der Waals surface area contributed by atoms with Crippen LogP contribution in [0.4, 0.5) is 0 Å². The van der Waals surface area contributed by atoms with Crippen LogP contribution in [0.2, 0.25) is 0 Å². The Labute approximate surface area is 74.5 Å². The summed E-state index contributed by atoms with van der Waals surface area (Å²) in [7, 11) is 0. The van der Waals surface area contributed by atoms with Gasteiger partial charge in [-0.1, -0.05) is 0 Å². The van der Waals surface area contributed by atoms with Crippen LogP contribution < -0.4 is 0 Å². The molecule has 0 aromatic heterocycles. The quantitative estimate of drug-likeness (QED) is 0.598. The van der Waals surface area contributed by atoms with Crippen molar-refractivity contribution in [1.29, 1.82) is 0 Å². The van der Waals surface area contributed by atoms with Crippen LogP contribution in [-0.2, 0) is 0 Å². The van der Waals surface area contributed by atoms with E-state index >= 15 is 0 Å². The molecule has 0 aromatic rings. The predicted molar refractivity (Wildman–Crippen MR) is 53.2 cm³/mol. The maximum absolute atomic E-state index is 2.57. The molecule has 0 atom stereocenters. The van der Waals surface area contributed by atoms with Crippen LogP contribution in [0.5, 0.6) is 0 Å². The summed E-state index contributed by atoms with van der Waals surface area (Å²) in [5, 5.41) is 0. The van der Waals surface area contributed by atoms with Gasteiger partial charge in [-0.3, -0.25) is 4.90 Å². The second-order valence-corrected chi connectivity index (χ2v) is 5.97. The number of hydrogen-bond donors (Lipinski definition) is 0. The molecular weight excluding hydrogens is 154 g/mol. The second kappa shape index (κ2) is 3.36. The van der Waals surface area contributed by atoms with Crippen molar-refractivity contribution in [2.75, 3.05) is 18.8 Å². The van der Waals surface area contributed by atoms with Crippen molar-refractivity contribution in [3.63, 3.8) is 0 Å². The normalized spacial score (nSPS) is 25.9. The van der Waals surface area contributed by atoms with Crippen LogP contribution in [0.3, 0.4) is 0 Å². The van der Waals surface area contributed by atoms with Gasteiger partial charge in [0.1, 0.15) is 0 Å². The molecule has 1 heterocycles. The van der Waals surface area contributed by atoms with Gasteiger partial charge in [0, 0.05) is 29.6 Å². The smallest absolute Gasteiger partial charge is 0.0231 e. The van der Waals surface area contributed by atoms with E-state index in [9.17, 15) is 0 Å². The van der Waals surface area contributed by atoms with Crippen LogP contribution in [-0.4, -0.2) is 34.5 Å². The first-order valence-corrected chi connectivity index (χ1v) is 5.38. The molecule has 0 aliphatic carbocycles. The molecule has 0 saturated carbocycles. The highest BCUT2D eigenvalue weighted by atomic mass is 32.2. The van der Waals surface area contributed by atoms with E-state index in [1.807, 2.05) is 0 Å². The van der Waals surface area contributed by atoms with Crippen LogP contribution >= 0.6 is 11.8 Å². The Bertz CT molecular complexity index is 132. The first-order valence-electron chi connectivity index (χ1n) is 4.39. The summed E-state index contributed by atoms with van der Waals surface area (Å²) >= 11 is 2.10. The summed E-state index contributed by atoms with van der Waals surface area (Å²) in [5.74, 6) is 1.30. The van der Waals surface area contributed by atoms with Crippen molar-refractivity contribution in [3.05, 3.63) is 0 Å². The van der Waals surface area contributed by atoms with E-state index in [0.29, 0.717) is 4.75 Å². The number of thioether (sulfide) groups is 1. The standard InChI is InChI=1S/C9H19NS/c1-8(2)10-5-6-11-9(3,4)7-10/h8H,5-7H2,1-4H3. The molecule has 1 saturated heterocycles. The van der Waals surface area contributed by atoms with E-state index in [1.54, 1.807) is 0 Å². The lowest BCUT2D eigenvalue weighted by atomic mass is 10.1. The van der Waals surface area contributed by atoms with Gasteiger partial charge in [-0.2, -0.15) is 11.8 Å². The molecule has 1 rings (SSSR count). The van der Waals surface area contributed by atoms with Gasteiger partial charge in [0.25, 0.3) is 0 Å². The van der Waals surface area contributed by atoms with E-state index in [0.717, 1.165) is 6.04 Å². The van der Waals surface area contributed by atoms with E-state index in [4.69, 9.17) is 0 Å². The molecule has 1 fully saturated rings. The first kappa shape index (κ1) is 9.40. The largest absolute Gasteiger partial charge is 0.299 e. The summed E-state index contributed by atoms with van der Waals surface area (Å²) in [4.78, 5) is 2.57. The Morgan fingerprint density at radius 2 is 2.00 bits per heavy atom. The third kappa shape index (κ3) is 2.68. The third-order valence-electron chi connectivity index (χ3n) is 2.19. The van der Waals surface area contributed by atoms with E-state index in [2.05, 4.69) is 44.4 Å². The lowest BCUT2D eigenvalue weighted by molar-refractivity contribution is 0.211. The lowest BCUT2D eigenvalue weighted by Crippen LogP contribution is -2.46. The summed E-state index contributed by atoms with van der Waals surface area (Å²) in [6.45, 7) is 11.8. The van der Waals surface area contributed by atoms with E-state index in [-0.39, 0.29) is 0 Å². The van der Waals surface area contributed by atoms with Crippen molar-refractivity contribution < 1.29 is 0 Å².